The Morgan fingerprint density at radius 3 is 1.64 bits per heavy atom. The lowest BCUT2D eigenvalue weighted by atomic mass is 9.88. The Balaban J connectivity index is 3.38. The van der Waals surface area contributed by atoms with Crippen LogP contribution in [0.15, 0.2) is 0 Å². The van der Waals surface area contributed by atoms with Gasteiger partial charge in [-0.25, -0.2) is 0 Å². The van der Waals surface area contributed by atoms with Gasteiger partial charge in [-0.3, -0.25) is 28.9 Å². The maximum Gasteiger partial charge on any atom is 0.306 e. The fourth-order valence-electron chi connectivity index (χ4n) is 8.63. The summed E-state index contributed by atoms with van der Waals surface area (Å²) in [5.74, 6) is -2.70. The molecule has 1 rings (SSSR count). The highest BCUT2D eigenvalue weighted by molar-refractivity contribution is 5.90. The van der Waals surface area contributed by atoms with E-state index in [1.807, 2.05) is 74.4 Å². The zero-order valence-corrected chi connectivity index (χ0v) is 37.0. The molecule has 0 saturated carbocycles. The molecule has 1 aliphatic rings. The third-order valence-corrected chi connectivity index (χ3v) is 12.0. The number of carbonyl (C=O) groups excluding carboxylic acids is 4. The first-order chi connectivity index (χ1) is 25.7. The van der Waals surface area contributed by atoms with Crippen LogP contribution in [0.2, 0.25) is 0 Å². The summed E-state index contributed by atoms with van der Waals surface area (Å²) in [4.78, 5) is 74.7. The molecule has 55 heavy (non-hydrogen) atoms. The number of carboxylic acids is 1. The molecule has 0 radical (unpaired) electrons. The fourth-order valence-corrected chi connectivity index (χ4v) is 8.63. The van der Waals surface area contributed by atoms with Crippen molar-refractivity contribution in [3.05, 3.63) is 0 Å². The Hall–Kier alpha value is -2.81. The van der Waals surface area contributed by atoms with Crippen LogP contribution in [0.5, 0.6) is 0 Å². The normalized spacial score (nSPS) is 20.3. The summed E-state index contributed by atoms with van der Waals surface area (Å²) in [6.07, 6.45) is 0.625. The number of nitrogens with one attached hydrogen (secondary N) is 1. The minimum atomic E-state index is -1.00. The van der Waals surface area contributed by atoms with Gasteiger partial charge in [0.05, 0.1) is 61.2 Å². The summed E-state index contributed by atoms with van der Waals surface area (Å²) in [6.45, 7) is 18.1. The summed E-state index contributed by atoms with van der Waals surface area (Å²) in [7, 11) is 11.7. The second-order valence-corrected chi connectivity index (χ2v) is 16.7. The van der Waals surface area contributed by atoms with Crippen molar-refractivity contribution in [2.75, 3.05) is 56.1 Å². The third kappa shape index (κ3) is 13.1. The van der Waals surface area contributed by atoms with Gasteiger partial charge in [-0.15, -0.1) is 0 Å². The summed E-state index contributed by atoms with van der Waals surface area (Å²) in [5.41, 5.74) is 0. The lowest BCUT2D eigenvalue weighted by Crippen LogP contribution is -2.59. The van der Waals surface area contributed by atoms with E-state index in [9.17, 15) is 29.1 Å². The number of hydrogen-bond acceptors (Lipinski definition) is 9. The second-order valence-electron chi connectivity index (χ2n) is 16.7. The number of nitrogens with zero attached hydrogens (tertiary/aromatic N) is 4. The molecule has 1 heterocycles. The summed E-state index contributed by atoms with van der Waals surface area (Å²) < 4.78 is 17.7. The lowest BCUT2D eigenvalue weighted by Gasteiger charge is -2.42. The highest BCUT2D eigenvalue weighted by Crippen LogP contribution is 2.31. The molecule has 0 aromatic heterocycles. The van der Waals surface area contributed by atoms with E-state index in [1.54, 1.807) is 49.9 Å². The molecule has 14 heteroatoms. The van der Waals surface area contributed by atoms with Gasteiger partial charge in [0.25, 0.3) is 0 Å². The van der Waals surface area contributed by atoms with Crippen LogP contribution in [0.3, 0.4) is 0 Å². The monoisotopic (exact) mass is 784 g/mol. The molecule has 0 aromatic rings. The van der Waals surface area contributed by atoms with E-state index in [2.05, 4.69) is 5.32 Å². The number of aliphatic carboxylic acids is 1. The molecule has 0 aromatic carbocycles. The summed E-state index contributed by atoms with van der Waals surface area (Å²) >= 11 is 0. The quantitative estimate of drug-likeness (QED) is 0.147. The van der Waals surface area contributed by atoms with E-state index >= 15 is 0 Å². The standard InChI is InChI=1S/C41H77N5O9/c1-17-26(7)36(45(13)41(52)34(24(3)4)42-39(50)35(25(5)6)43(10)11)30(53-14)22-32(47)46-21-19-20-29(46)38(55-16)28(9)40(51)44(12)37(27(8)18-2)31(54-15)23-33(48)49/h24-31,34-38H,17-23H2,1-16H3,(H,42,50)(H,48,49)/t26-,27-,28+,29-,30+,31+,34-,35?,36-,37-,38+/m0/s1. The highest BCUT2D eigenvalue weighted by atomic mass is 16.5. The van der Waals surface area contributed by atoms with Crippen LogP contribution in [-0.2, 0) is 38.2 Å². The Labute approximate surface area is 332 Å². The molecule has 0 aliphatic carbocycles. The number of methoxy groups -OCH3 is 3. The molecule has 11 atom stereocenters. The van der Waals surface area contributed by atoms with Crippen LogP contribution in [0.1, 0.15) is 101 Å². The molecule has 320 valence electrons. The second kappa shape index (κ2) is 23.4. The molecule has 2 N–H and O–H groups in total. The van der Waals surface area contributed by atoms with Crippen molar-refractivity contribution in [3.63, 3.8) is 0 Å². The van der Waals surface area contributed by atoms with E-state index in [4.69, 9.17) is 14.2 Å². The van der Waals surface area contributed by atoms with Crippen molar-refractivity contribution in [1.29, 1.82) is 0 Å². The van der Waals surface area contributed by atoms with Gasteiger partial charge in [0.15, 0.2) is 0 Å². The van der Waals surface area contributed by atoms with E-state index < -0.39 is 54.4 Å². The third-order valence-electron chi connectivity index (χ3n) is 12.0. The molecule has 0 spiro atoms. The van der Waals surface area contributed by atoms with Crippen molar-refractivity contribution in [1.82, 2.24) is 24.9 Å². The van der Waals surface area contributed by atoms with E-state index in [0.29, 0.717) is 13.0 Å². The fraction of sp³-hybridized carbons (Fsp3) is 0.878. The van der Waals surface area contributed by atoms with Crippen molar-refractivity contribution < 1.29 is 43.3 Å². The van der Waals surface area contributed by atoms with Crippen LogP contribution >= 0.6 is 0 Å². The van der Waals surface area contributed by atoms with E-state index in [-0.39, 0.29) is 66.2 Å². The molecule has 1 fully saturated rings. The smallest absolute Gasteiger partial charge is 0.306 e. The highest BCUT2D eigenvalue weighted by Gasteiger charge is 2.45. The first kappa shape index (κ1) is 50.2. The first-order valence-corrected chi connectivity index (χ1v) is 20.3. The van der Waals surface area contributed by atoms with Crippen LogP contribution in [0.4, 0.5) is 0 Å². The predicted molar refractivity (Wildman–Crippen MR) is 214 cm³/mol. The van der Waals surface area contributed by atoms with Crippen molar-refractivity contribution >= 4 is 29.6 Å². The number of hydrogen-bond donors (Lipinski definition) is 2. The summed E-state index contributed by atoms with van der Waals surface area (Å²) in [6, 6.07) is -2.51. The van der Waals surface area contributed by atoms with Crippen LogP contribution < -0.4 is 5.32 Å². The summed E-state index contributed by atoms with van der Waals surface area (Å²) in [5, 5.41) is 12.6. The molecule has 4 amide bonds. The van der Waals surface area contributed by atoms with Crippen molar-refractivity contribution in [2.24, 2.45) is 29.6 Å². The zero-order chi connectivity index (χ0) is 42.5. The molecular formula is C41H77N5O9. The maximum absolute atomic E-state index is 14.3. The predicted octanol–water partition coefficient (Wildman–Crippen LogP) is 4.00. The van der Waals surface area contributed by atoms with Crippen LogP contribution in [-0.4, -0.2) is 159 Å². The average Bonchev–Trinajstić information content (AvgIpc) is 3.61. The number of carbonyl (C=O) groups is 5. The minimum Gasteiger partial charge on any atom is -0.481 e. The first-order valence-electron chi connectivity index (χ1n) is 20.3. The van der Waals surface area contributed by atoms with Gasteiger partial charge in [0.2, 0.25) is 23.6 Å². The van der Waals surface area contributed by atoms with Gasteiger partial charge in [0.1, 0.15) is 6.04 Å². The lowest BCUT2D eigenvalue weighted by molar-refractivity contribution is -0.153. The average molecular weight is 784 g/mol. The molecule has 14 nitrogen and oxygen atoms in total. The molecule has 1 saturated heterocycles. The Bertz CT molecular complexity index is 1220. The van der Waals surface area contributed by atoms with Gasteiger partial charge < -0.3 is 39.3 Å². The Morgan fingerprint density at radius 1 is 0.745 bits per heavy atom. The van der Waals surface area contributed by atoms with Gasteiger partial charge in [-0.2, -0.15) is 0 Å². The number of rotatable bonds is 24. The topological polar surface area (TPSA) is 158 Å². The van der Waals surface area contributed by atoms with Gasteiger partial charge in [0, 0.05) is 42.0 Å². The van der Waals surface area contributed by atoms with Crippen molar-refractivity contribution in [2.45, 2.75) is 149 Å². The molecule has 1 unspecified atom stereocenters. The van der Waals surface area contributed by atoms with Crippen LogP contribution in [0.25, 0.3) is 0 Å². The van der Waals surface area contributed by atoms with Gasteiger partial charge in [-0.05, 0) is 50.6 Å². The molecular weight excluding hydrogens is 706 g/mol. The van der Waals surface area contributed by atoms with E-state index in [0.717, 1.165) is 19.3 Å². The number of ether oxygens (including phenoxy) is 3. The van der Waals surface area contributed by atoms with Gasteiger partial charge in [-0.1, -0.05) is 75.2 Å². The largest absolute Gasteiger partial charge is 0.481 e. The zero-order valence-electron chi connectivity index (χ0n) is 37.0. The van der Waals surface area contributed by atoms with Crippen LogP contribution in [0, 0.1) is 29.6 Å². The maximum atomic E-state index is 14.3. The Kier molecular flexibility index (Phi) is 21.4. The van der Waals surface area contributed by atoms with Gasteiger partial charge >= 0.3 is 5.97 Å². The molecule has 0 bridgehead atoms. The molecule has 1 aliphatic heterocycles. The number of likely N-dealkylation sites (N-methyl/N-ethyl adjacent to an activating group) is 3. The number of amides is 4. The number of carboxylic acid groups (broad SMARTS) is 1. The van der Waals surface area contributed by atoms with Crippen molar-refractivity contribution in [3.8, 4) is 0 Å². The number of likely N-dealkylation sites (tertiary alicyclic amines) is 1. The Morgan fingerprint density at radius 2 is 1.24 bits per heavy atom. The van der Waals surface area contributed by atoms with E-state index in [1.165, 1.54) is 7.11 Å². The minimum absolute atomic E-state index is 0.00778. The SMILES string of the molecule is CC[C@H](C)[C@@H]([C@@H](CC(=O)N1CCC[C@H]1[C@H](OC)[C@@H](C)C(=O)N(C)[C@@H]([C@@H](C)CC)[C@@H](CC(=O)O)OC)OC)N(C)C(=O)[C@@H](NC(=O)C(C(C)C)N(C)C)C(C)C.